The van der Waals surface area contributed by atoms with E-state index in [4.69, 9.17) is 14.6 Å². The van der Waals surface area contributed by atoms with E-state index in [2.05, 4.69) is 28.2 Å². The molecule has 5 nitrogen and oxygen atoms in total. The Labute approximate surface area is 157 Å². The number of methoxy groups -OCH3 is 1. The highest BCUT2D eigenvalue weighted by atomic mass is 16.5. The zero-order valence-corrected chi connectivity index (χ0v) is 14.9. The normalized spacial score (nSPS) is 20.3. The van der Waals surface area contributed by atoms with Gasteiger partial charge in [0.05, 0.1) is 18.9 Å². The van der Waals surface area contributed by atoms with Crippen molar-refractivity contribution in [2.75, 3.05) is 7.11 Å². The minimum absolute atomic E-state index is 0.109. The maximum Gasteiger partial charge on any atom is 0.214 e. The Bertz CT molecular complexity index is 989. The molecule has 27 heavy (non-hydrogen) atoms. The number of para-hydroxylation sites is 1. The molecule has 0 spiro atoms. The molecule has 0 fully saturated rings. The molecule has 0 unspecified atom stereocenters. The Balaban J connectivity index is 1.63. The van der Waals surface area contributed by atoms with Gasteiger partial charge in [0.1, 0.15) is 0 Å². The van der Waals surface area contributed by atoms with Gasteiger partial charge >= 0.3 is 0 Å². The fourth-order valence-corrected chi connectivity index (χ4v) is 3.80. The number of pyridine rings is 1. The Hall–Kier alpha value is -3.34. The van der Waals surface area contributed by atoms with Crippen LogP contribution in [0.4, 0.5) is 0 Å². The van der Waals surface area contributed by atoms with Crippen LogP contribution in [0.1, 0.15) is 35.4 Å². The summed E-state index contributed by atoms with van der Waals surface area (Å²) < 4.78 is 12.0. The Kier molecular flexibility index (Phi) is 3.78. The monoisotopic (exact) mass is 357 g/mol. The first-order valence-electron chi connectivity index (χ1n) is 9.00. The van der Waals surface area contributed by atoms with Gasteiger partial charge in [-0.3, -0.25) is 4.98 Å². The topological polar surface area (TPSA) is 47.0 Å². The van der Waals surface area contributed by atoms with Gasteiger partial charge in [0.25, 0.3) is 0 Å². The van der Waals surface area contributed by atoms with E-state index in [1.807, 2.05) is 42.5 Å². The van der Waals surface area contributed by atoms with Gasteiger partial charge in [0, 0.05) is 29.9 Å². The molecule has 3 aromatic rings. The summed E-state index contributed by atoms with van der Waals surface area (Å²) in [6.07, 6.45) is 4.07. The van der Waals surface area contributed by atoms with E-state index < -0.39 is 0 Å². The summed E-state index contributed by atoms with van der Waals surface area (Å²) in [7, 11) is 1.67. The van der Waals surface area contributed by atoms with E-state index in [1.165, 1.54) is 0 Å². The number of rotatable bonds is 3. The van der Waals surface area contributed by atoms with Crippen LogP contribution < -0.4 is 9.47 Å². The predicted molar refractivity (Wildman–Crippen MR) is 103 cm³/mol. The minimum Gasteiger partial charge on any atom is -0.493 e. The fraction of sp³-hybridized carbons (Fsp3) is 0.182. The molecule has 2 aliphatic rings. The molecule has 2 aliphatic heterocycles. The Morgan fingerprint density at radius 2 is 1.81 bits per heavy atom. The molecule has 3 heterocycles. The van der Waals surface area contributed by atoms with E-state index in [-0.39, 0.29) is 12.3 Å². The Morgan fingerprint density at radius 3 is 2.59 bits per heavy atom. The molecular weight excluding hydrogens is 338 g/mol. The number of benzene rings is 2. The summed E-state index contributed by atoms with van der Waals surface area (Å²) in [6, 6.07) is 20.4. The van der Waals surface area contributed by atoms with Crippen molar-refractivity contribution in [3.05, 3.63) is 89.7 Å². The van der Waals surface area contributed by atoms with Gasteiger partial charge in [-0.05, 0) is 23.8 Å². The van der Waals surface area contributed by atoms with Gasteiger partial charge in [0.2, 0.25) is 6.23 Å². The molecule has 0 radical (unpaired) electrons. The summed E-state index contributed by atoms with van der Waals surface area (Å²) >= 11 is 0. The molecular formula is C22H19N3O2. The van der Waals surface area contributed by atoms with E-state index in [0.29, 0.717) is 0 Å². The van der Waals surface area contributed by atoms with Crippen LogP contribution in [-0.2, 0) is 0 Å². The smallest absolute Gasteiger partial charge is 0.214 e. The minimum atomic E-state index is -0.317. The summed E-state index contributed by atoms with van der Waals surface area (Å²) in [5, 5.41) is 7.03. The molecule has 5 rings (SSSR count). The average molecular weight is 357 g/mol. The molecule has 1 aromatic heterocycles. The van der Waals surface area contributed by atoms with Gasteiger partial charge in [-0.15, -0.1) is 0 Å². The van der Waals surface area contributed by atoms with Crippen LogP contribution in [0.5, 0.6) is 11.5 Å². The van der Waals surface area contributed by atoms with Gasteiger partial charge in [0.15, 0.2) is 11.5 Å². The second-order valence-corrected chi connectivity index (χ2v) is 6.64. The molecule has 0 amide bonds. The van der Waals surface area contributed by atoms with Crippen LogP contribution in [0.25, 0.3) is 0 Å². The van der Waals surface area contributed by atoms with Crippen molar-refractivity contribution in [1.82, 2.24) is 9.99 Å². The van der Waals surface area contributed by atoms with Crippen molar-refractivity contribution in [1.29, 1.82) is 0 Å². The van der Waals surface area contributed by atoms with E-state index in [0.717, 1.165) is 40.3 Å². The lowest BCUT2D eigenvalue weighted by Gasteiger charge is -2.38. The maximum absolute atomic E-state index is 6.40. The summed E-state index contributed by atoms with van der Waals surface area (Å²) in [5.74, 6) is 1.55. The number of aromatic nitrogens is 1. The van der Waals surface area contributed by atoms with Crippen molar-refractivity contribution in [2.45, 2.75) is 18.7 Å². The fourth-order valence-electron chi connectivity index (χ4n) is 3.80. The van der Waals surface area contributed by atoms with Crippen molar-refractivity contribution in [3.63, 3.8) is 0 Å². The molecule has 5 heteroatoms. The highest BCUT2D eigenvalue weighted by Crippen LogP contribution is 2.50. The SMILES string of the molecule is COc1cccc2c1O[C@H](c1ccncc1)N1N=C(c3ccccc3)C[C@@H]21. The molecule has 0 aliphatic carbocycles. The first kappa shape index (κ1) is 15.9. The lowest BCUT2D eigenvalue weighted by molar-refractivity contribution is -0.0209. The maximum atomic E-state index is 6.40. The van der Waals surface area contributed by atoms with Crippen LogP contribution in [0, 0.1) is 0 Å². The van der Waals surface area contributed by atoms with Crippen molar-refractivity contribution in [3.8, 4) is 11.5 Å². The van der Waals surface area contributed by atoms with Crippen LogP contribution >= 0.6 is 0 Å². The highest BCUT2D eigenvalue weighted by Gasteiger charge is 2.42. The number of ether oxygens (including phenoxy) is 2. The molecule has 2 atom stereocenters. The molecule has 134 valence electrons. The van der Waals surface area contributed by atoms with Gasteiger partial charge in [-0.2, -0.15) is 5.10 Å². The molecule has 0 saturated carbocycles. The third-order valence-corrected chi connectivity index (χ3v) is 5.10. The highest BCUT2D eigenvalue weighted by molar-refractivity contribution is 6.01. The standard InChI is InChI=1S/C22H19N3O2/c1-26-20-9-5-8-17-19-14-18(15-6-3-2-4-7-15)24-25(19)22(27-21(17)20)16-10-12-23-13-11-16/h2-13,19,22H,14H2,1H3/t19-,22+/m0/s1. The second-order valence-electron chi connectivity index (χ2n) is 6.64. The van der Waals surface area contributed by atoms with Crippen LogP contribution in [0.2, 0.25) is 0 Å². The van der Waals surface area contributed by atoms with Crippen molar-refractivity contribution in [2.24, 2.45) is 5.10 Å². The summed E-state index contributed by atoms with van der Waals surface area (Å²) in [5.41, 5.74) is 4.34. The third kappa shape index (κ3) is 2.63. The first-order valence-corrected chi connectivity index (χ1v) is 9.00. The Morgan fingerprint density at radius 1 is 1.00 bits per heavy atom. The average Bonchev–Trinajstić information content (AvgIpc) is 3.20. The molecule has 0 bridgehead atoms. The first-order chi connectivity index (χ1) is 13.3. The molecule has 0 saturated heterocycles. The van der Waals surface area contributed by atoms with Gasteiger partial charge in [-0.1, -0.05) is 42.5 Å². The zero-order valence-electron chi connectivity index (χ0n) is 14.9. The van der Waals surface area contributed by atoms with Crippen LogP contribution in [0.15, 0.2) is 78.2 Å². The van der Waals surface area contributed by atoms with E-state index in [9.17, 15) is 0 Å². The lowest BCUT2D eigenvalue weighted by Crippen LogP contribution is -2.33. The number of nitrogens with zero attached hydrogens (tertiary/aromatic N) is 3. The van der Waals surface area contributed by atoms with Crippen molar-refractivity contribution < 1.29 is 9.47 Å². The second kappa shape index (κ2) is 6.43. The van der Waals surface area contributed by atoms with Crippen molar-refractivity contribution >= 4 is 5.71 Å². The number of fused-ring (bicyclic) bond motifs is 3. The quantitative estimate of drug-likeness (QED) is 0.700. The van der Waals surface area contributed by atoms with E-state index >= 15 is 0 Å². The largest absolute Gasteiger partial charge is 0.493 e. The van der Waals surface area contributed by atoms with Crippen LogP contribution in [0.3, 0.4) is 0 Å². The van der Waals surface area contributed by atoms with Crippen LogP contribution in [-0.4, -0.2) is 22.8 Å². The van der Waals surface area contributed by atoms with Gasteiger partial charge < -0.3 is 9.47 Å². The zero-order chi connectivity index (χ0) is 18.2. The van der Waals surface area contributed by atoms with Gasteiger partial charge in [-0.25, -0.2) is 5.01 Å². The third-order valence-electron chi connectivity index (χ3n) is 5.10. The summed E-state index contributed by atoms with van der Waals surface area (Å²) in [4.78, 5) is 4.13. The number of hydrazone groups is 1. The molecule has 0 N–H and O–H groups in total. The predicted octanol–water partition coefficient (Wildman–Crippen LogP) is 4.33. The van der Waals surface area contributed by atoms with E-state index in [1.54, 1.807) is 19.5 Å². The lowest BCUT2D eigenvalue weighted by atomic mass is 9.95. The summed E-state index contributed by atoms with van der Waals surface area (Å²) in [6.45, 7) is 0. The number of hydrogen-bond donors (Lipinski definition) is 0. The number of hydrogen-bond acceptors (Lipinski definition) is 5. The molecule has 2 aromatic carbocycles.